The van der Waals surface area contributed by atoms with Crippen LogP contribution in [0.4, 0.5) is 15.0 Å². The molecular formula is C31H34FN5O3. The first-order valence-corrected chi connectivity index (χ1v) is 13.4. The fourth-order valence-corrected chi connectivity index (χ4v) is 5.09. The minimum atomic E-state index is -0.613. The first-order chi connectivity index (χ1) is 18.9. The average molecular weight is 544 g/mol. The first kappa shape index (κ1) is 27.3. The Bertz CT molecular complexity index is 1510. The fraction of sp³-hybridized carbons (Fsp3) is 0.355. The van der Waals surface area contributed by atoms with E-state index in [-0.39, 0.29) is 28.3 Å². The van der Waals surface area contributed by atoms with Crippen molar-refractivity contribution in [2.75, 3.05) is 11.9 Å². The number of pyridine rings is 1. The molecule has 2 aromatic heterocycles. The summed E-state index contributed by atoms with van der Waals surface area (Å²) in [5.41, 5.74) is 3.96. The molecule has 0 spiro atoms. The summed E-state index contributed by atoms with van der Waals surface area (Å²) in [5, 5.41) is 13.3. The number of benzene rings is 1. The molecule has 0 saturated carbocycles. The Labute approximate surface area is 233 Å². The second kappa shape index (κ2) is 10.4. The fourth-order valence-electron chi connectivity index (χ4n) is 5.09. The molecule has 1 unspecified atom stereocenters. The summed E-state index contributed by atoms with van der Waals surface area (Å²) in [6.45, 7) is 10.6. The van der Waals surface area contributed by atoms with Crippen molar-refractivity contribution in [3.63, 3.8) is 0 Å². The Balaban J connectivity index is 1.47. The molecule has 8 nitrogen and oxygen atoms in total. The minimum absolute atomic E-state index is 0.0396. The van der Waals surface area contributed by atoms with Crippen LogP contribution >= 0.6 is 0 Å². The molecule has 1 atom stereocenters. The summed E-state index contributed by atoms with van der Waals surface area (Å²) in [6, 6.07) is 10.1. The highest BCUT2D eigenvalue weighted by molar-refractivity contribution is 6.01. The molecule has 2 aliphatic rings. The number of allylic oxidation sites excluding steroid dienone is 3. The summed E-state index contributed by atoms with van der Waals surface area (Å²) in [4.78, 5) is 30.6. The molecule has 1 aromatic carbocycles. The Kier molecular flexibility index (Phi) is 7.08. The lowest BCUT2D eigenvalue weighted by Crippen LogP contribution is -2.35. The van der Waals surface area contributed by atoms with Gasteiger partial charge in [-0.1, -0.05) is 58.9 Å². The minimum Gasteiger partial charge on any atom is -0.389 e. The number of H-pyrrole nitrogens is 1. The molecule has 1 aliphatic carbocycles. The van der Waals surface area contributed by atoms with Crippen LogP contribution in [-0.4, -0.2) is 33.6 Å². The lowest BCUT2D eigenvalue weighted by molar-refractivity contribution is -0.118. The third-order valence-electron chi connectivity index (χ3n) is 6.94. The Morgan fingerprint density at radius 1 is 1.20 bits per heavy atom. The Morgan fingerprint density at radius 3 is 2.70 bits per heavy atom. The van der Waals surface area contributed by atoms with Crippen molar-refractivity contribution in [2.45, 2.75) is 53.4 Å². The highest BCUT2D eigenvalue weighted by Crippen LogP contribution is 2.49. The largest absolute Gasteiger partial charge is 0.414 e. The molecule has 208 valence electrons. The van der Waals surface area contributed by atoms with Crippen molar-refractivity contribution in [3.05, 3.63) is 77.0 Å². The summed E-state index contributed by atoms with van der Waals surface area (Å²) >= 11 is 0. The van der Waals surface area contributed by atoms with Crippen LogP contribution in [-0.2, 0) is 4.79 Å². The van der Waals surface area contributed by atoms with Crippen LogP contribution in [0.5, 0.6) is 5.88 Å². The van der Waals surface area contributed by atoms with Crippen molar-refractivity contribution < 1.29 is 18.7 Å². The molecule has 0 bridgehead atoms. The van der Waals surface area contributed by atoms with Gasteiger partial charge in [0, 0.05) is 41.9 Å². The number of nitrogens with one attached hydrogen (secondary N) is 3. The third kappa shape index (κ3) is 5.98. The number of aromatic nitrogens is 3. The van der Waals surface area contributed by atoms with E-state index in [1.165, 1.54) is 12.1 Å². The van der Waals surface area contributed by atoms with Crippen molar-refractivity contribution in [1.82, 2.24) is 20.5 Å². The molecule has 9 heteroatoms. The van der Waals surface area contributed by atoms with E-state index in [0.717, 1.165) is 16.8 Å². The number of ketones is 1. The third-order valence-corrected chi connectivity index (χ3v) is 6.94. The maximum absolute atomic E-state index is 13.7. The predicted molar refractivity (Wildman–Crippen MR) is 152 cm³/mol. The van der Waals surface area contributed by atoms with E-state index in [4.69, 9.17) is 4.74 Å². The number of carbonyl (C=O) groups is 2. The van der Waals surface area contributed by atoms with Crippen LogP contribution in [0.1, 0.15) is 64.6 Å². The molecule has 1 aliphatic heterocycles. The highest BCUT2D eigenvalue weighted by Gasteiger charge is 2.41. The summed E-state index contributed by atoms with van der Waals surface area (Å²) in [7, 11) is 0. The van der Waals surface area contributed by atoms with Gasteiger partial charge >= 0.3 is 6.09 Å². The van der Waals surface area contributed by atoms with Crippen molar-refractivity contribution in [3.8, 4) is 17.0 Å². The molecule has 3 heterocycles. The van der Waals surface area contributed by atoms with Crippen molar-refractivity contribution >= 4 is 23.8 Å². The quantitative estimate of drug-likeness (QED) is 0.334. The number of nitrogens with zero attached hydrogens (tertiary/aromatic N) is 2. The van der Waals surface area contributed by atoms with Crippen LogP contribution < -0.4 is 15.4 Å². The summed E-state index contributed by atoms with van der Waals surface area (Å²) in [5.74, 6) is -0.0617. The van der Waals surface area contributed by atoms with Gasteiger partial charge in [0.05, 0.1) is 11.3 Å². The number of carbonyl (C=O) groups excluding carboxylic acids is 2. The molecular weight excluding hydrogens is 509 g/mol. The van der Waals surface area contributed by atoms with Crippen LogP contribution in [0.25, 0.3) is 17.2 Å². The molecule has 0 saturated heterocycles. The molecule has 3 N–H and O–H groups in total. The molecule has 40 heavy (non-hydrogen) atoms. The SMILES string of the molecule is CC(C)(C)CNC(=O)Oc1n[nH]c2c1C(/C=C/c1ccc(-c3cccc(F)c3)cn1)C1=C(CC(C)(C)CC1=O)N2. The summed E-state index contributed by atoms with van der Waals surface area (Å²) in [6.07, 6.45) is 5.91. The van der Waals surface area contributed by atoms with Crippen LogP contribution in [0.3, 0.4) is 0 Å². The molecule has 0 fully saturated rings. The van der Waals surface area contributed by atoms with Crippen LogP contribution in [0.2, 0.25) is 0 Å². The number of amides is 1. The van der Waals surface area contributed by atoms with Crippen LogP contribution in [0, 0.1) is 16.6 Å². The van der Waals surface area contributed by atoms with Gasteiger partial charge in [-0.2, -0.15) is 0 Å². The maximum Gasteiger partial charge on any atom is 0.414 e. The number of hydrogen-bond acceptors (Lipinski definition) is 6. The van der Waals surface area contributed by atoms with E-state index in [2.05, 4.69) is 39.7 Å². The number of ether oxygens (including phenoxy) is 1. The average Bonchev–Trinajstić information content (AvgIpc) is 3.26. The molecule has 1 amide bonds. The first-order valence-electron chi connectivity index (χ1n) is 13.4. The van der Waals surface area contributed by atoms with Crippen LogP contribution in [0.15, 0.2) is 59.9 Å². The number of rotatable bonds is 5. The van der Waals surface area contributed by atoms with Crippen molar-refractivity contribution in [1.29, 1.82) is 0 Å². The summed E-state index contributed by atoms with van der Waals surface area (Å²) < 4.78 is 19.3. The second-order valence-electron chi connectivity index (χ2n) is 12.4. The molecule has 3 aromatic rings. The van der Waals surface area contributed by atoms with Gasteiger partial charge in [0.25, 0.3) is 0 Å². The van der Waals surface area contributed by atoms with E-state index in [1.54, 1.807) is 12.3 Å². The van der Waals surface area contributed by atoms with Gasteiger partial charge in [0.1, 0.15) is 11.6 Å². The van der Waals surface area contributed by atoms with E-state index in [9.17, 15) is 14.0 Å². The number of halogens is 1. The van der Waals surface area contributed by atoms with E-state index in [1.807, 2.05) is 51.1 Å². The van der Waals surface area contributed by atoms with E-state index >= 15 is 0 Å². The van der Waals surface area contributed by atoms with Crippen molar-refractivity contribution in [2.24, 2.45) is 10.8 Å². The zero-order chi connectivity index (χ0) is 28.7. The number of anilines is 1. The number of Topliss-reactive ketones (excluding diaryl/α,β-unsaturated/α-hetero) is 1. The number of fused-ring (bicyclic) bond motifs is 1. The lowest BCUT2D eigenvalue weighted by atomic mass is 9.70. The molecule has 5 rings (SSSR count). The predicted octanol–water partition coefficient (Wildman–Crippen LogP) is 6.61. The number of aromatic amines is 1. The standard InChI is InChI=1S/C31H34FN5O3/c1-30(2,3)17-34-29(39)40-28-26-22(25-23(35-27(26)36-37-28)14-31(4,5)15-24(25)38)12-11-21-10-9-19(16-33-21)18-7-6-8-20(32)13-18/h6-13,16,22H,14-15,17H2,1-5H3,(H,34,39)(H2,35,36,37)/b12-11+. The van der Waals surface area contributed by atoms with Gasteiger partial charge in [0.15, 0.2) is 5.78 Å². The topological polar surface area (TPSA) is 109 Å². The zero-order valence-corrected chi connectivity index (χ0v) is 23.4. The highest BCUT2D eigenvalue weighted by atomic mass is 19.1. The van der Waals surface area contributed by atoms with E-state index < -0.39 is 12.0 Å². The smallest absolute Gasteiger partial charge is 0.389 e. The van der Waals surface area contributed by atoms with Gasteiger partial charge in [-0.3, -0.25) is 14.9 Å². The maximum atomic E-state index is 13.7. The number of hydrogen-bond donors (Lipinski definition) is 3. The van der Waals surface area contributed by atoms with E-state index in [0.29, 0.717) is 42.0 Å². The van der Waals surface area contributed by atoms with Gasteiger partial charge in [-0.15, -0.1) is 5.10 Å². The normalized spacial score (nSPS) is 18.2. The van der Waals surface area contributed by atoms with Gasteiger partial charge in [-0.05, 0) is 47.1 Å². The Morgan fingerprint density at radius 2 is 2.00 bits per heavy atom. The zero-order valence-electron chi connectivity index (χ0n) is 23.4. The van der Waals surface area contributed by atoms with Gasteiger partial charge in [-0.25, -0.2) is 9.18 Å². The monoisotopic (exact) mass is 543 g/mol. The lowest BCUT2D eigenvalue weighted by Gasteiger charge is -2.37. The second-order valence-corrected chi connectivity index (χ2v) is 12.4. The molecule has 0 radical (unpaired) electrons. The van der Waals surface area contributed by atoms with Gasteiger partial charge < -0.3 is 15.4 Å². The Hall–Kier alpha value is -4.27. The van der Waals surface area contributed by atoms with Gasteiger partial charge in [0.2, 0.25) is 5.88 Å².